The standard InChI is InChI=1S/C10H11BrN2O3/c1-2-12-10(16)13-8-6(9(14)15)4-3-5-7(8)11/h3-5H,2H2,1H3,(H,14,15)(H2,12,13,16). The molecule has 0 aromatic heterocycles. The van der Waals surface area contributed by atoms with Crippen LogP contribution in [0.3, 0.4) is 0 Å². The zero-order chi connectivity index (χ0) is 12.1. The highest BCUT2D eigenvalue weighted by Crippen LogP contribution is 2.26. The third-order valence-corrected chi connectivity index (χ3v) is 2.48. The van der Waals surface area contributed by atoms with E-state index in [1.165, 1.54) is 6.07 Å². The summed E-state index contributed by atoms with van der Waals surface area (Å²) in [4.78, 5) is 22.2. The predicted octanol–water partition coefficient (Wildman–Crippen LogP) is 2.29. The molecular weight excluding hydrogens is 276 g/mol. The number of carbonyl (C=O) groups is 2. The van der Waals surface area contributed by atoms with Crippen molar-refractivity contribution < 1.29 is 14.7 Å². The van der Waals surface area contributed by atoms with E-state index < -0.39 is 12.0 Å². The Kier molecular flexibility index (Phi) is 4.30. The molecule has 2 amide bonds. The summed E-state index contributed by atoms with van der Waals surface area (Å²) in [5.74, 6) is -1.09. The molecule has 6 heteroatoms. The molecular formula is C10H11BrN2O3. The summed E-state index contributed by atoms with van der Waals surface area (Å²) in [5.41, 5.74) is 0.293. The average Bonchev–Trinajstić information content (AvgIpc) is 2.21. The first kappa shape index (κ1) is 12.5. The highest BCUT2D eigenvalue weighted by molar-refractivity contribution is 9.10. The number of nitrogens with one attached hydrogen (secondary N) is 2. The maximum Gasteiger partial charge on any atom is 0.337 e. The number of benzene rings is 1. The van der Waals surface area contributed by atoms with E-state index >= 15 is 0 Å². The van der Waals surface area contributed by atoms with Crippen molar-refractivity contribution in [2.45, 2.75) is 6.92 Å². The maximum atomic E-state index is 11.3. The van der Waals surface area contributed by atoms with Crippen LogP contribution < -0.4 is 10.6 Å². The molecule has 16 heavy (non-hydrogen) atoms. The van der Waals surface area contributed by atoms with Gasteiger partial charge in [0.2, 0.25) is 0 Å². The number of amides is 2. The van der Waals surface area contributed by atoms with Crippen LogP contribution in [0.25, 0.3) is 0 Å². The molecule has 0 bridgehead atoms. The predicted molar refractivity (Wildman–Crippen MR) is 63.8 cm³/mol. The number of halogens is 1. The van der Waals surface area contributed by atoms with E-state index in [4.69, 9.17) is 5.11 Å². The van der Waals surface area contributed by atoms with E-state index in [9.17, 15) is 9.59 Å². The van der Waals surface area contributed by atoms with Crippen molar-refractivity contribution in [2.24, 2.45) is 0 Å². The zero-order valence-corrected chi connectivity index (χ0v) is 10.2. The Morgan fingerprint density at radius 2 is 2.12 bits per heavy atom. The number of rotatable bonds is 3. The van der Waals surface area contributed by atoms with Gasteiger partial charge in [0, 0.05) is 11.0 Å². The minimum atomic E-state index is -1.09. The molecule has 0 heterocycles. The molecule has 0 aliphatic heterocycles. The average molecular weight is 287 g/mol. The summed E-state index contributed by atoms with van der Waals surface area (Å²) in [6.45, 7) is 2.25. The summed E-state index contributed by atoms with van der Waals surface area (Å²) in [5, 5.41) is 13.9. The molecule has 1 rings (SSSR count). The first-order chi connectivity index (χ1) is 7.56. The van der Waals surface area contributed by atoms with Crippen LogP contribution in [-0.2, 0) is 0 Å². The zero-order valence-electron chi connectivity index (χ0n) is 8.58. The van der Waals surface area contributed by atoms with E-state index in [1.54, 1.807) is 19.1 Å². The second-order valence-electron chi connectivity index (χ2n) is 2.95. The summed E-state index contributed by atoms with van der Waals surface area (Å²) in [6.07, 6.45) is 0. The smallest absolute Gasteiger partial charge is 0.337 e. The van der Waals surface area contributed by atoms with Crippen molar-refractivity contribution in [3.05, 3.63) is 28.2 Å². The van der Waals surface area contributed by atoms with Gasteiger partial charge in [-0.2, -0.15) is 0 Å². The summed E-state index contributed by atoms with van der Waals surface area (Å²) < 4.78 is 0.527. The Morgan fingerprint density at radius 1 is 1.44 bits per heavy atom. The topological polar surface area (TPSA) is 78.4 Å². The maximum absolute atomic E-state index is 11.3. The van der Waals surface area contributed by atoms with E-state index in [0.29, 0.717) is 11.0 Å². The number of para-hydroxylation sites is 1. The molecule has 0 fully saturated rings. The normalized spacial score (nSPS) is 9.62. The summed E-state index contributed by atoms with van der Waals surface area (Å²) in [7, 11) is 0. The fourth-order valence-electron chi connectivity index (χ4n) is 1.15. The van der Waals surface area contributed by atoms with E-state index in [0.717, 1.165) is 0 Å². The number of hydrogen-bond donors (Lipinski definition) is 3. The Labute approximate surface area is 101 Å². The van der Waals surface area contributed by atoms with Crippen molar-refractivity contribution in [3.63, 3.8) is 0 Å². The lowest BCUT2D eigenvalue weighted by Gasteiger charge is -2.10. The molecule has 86 valence electrons. The van der Waals surface area contributed by atoms with Gasteiger partial charge in [0.05, 0.1) is 11.3 Å². The van der Waals surface area contributed by atoms with Gasteiger partial charge >= 0.3 is 12.0 Å². The number of carbonyl (C=O) groups excluding carboxylic acids is 1. The van der Waals surface area contributed by atoms with Gasteiger partial charge in [-0.3, -0.25) is 0 Å². The monoisotopic (exact) mass is 286 g/mol. The number of carboxylic acid groups (broad SMARTS) is 1. The number of anilines is 1. The molecule has 0 saturated carbocycles. The van der Waals surface area contributed by atoms with Crippen molar-refractivity contribution >= 4 is 33.6 Å². The second kappa shape index (κ2) is 5.50. The molecule has 5 nitrogen and oxygen atoms in total. The third-order valence-electron chi connectivity index (χ3n) is 1.82. The van der Waals surface area contributed by atoms with Gasteiger partial charge in [0.1, 0.15) is 0 Å². The number of aromatic carboxylic acids is 1. The fourth-order valence-corrected chi connectivity index (χ4v) is 1.61. The lowest BCUT2D eigenvalue weighted by Crippen LogP contribution is -2.29. The van der Waals surface area contributed by atoms with Crippen molar-refractivity contribution in [2.75, 3.05) is 11.9 Å². The van der Waals surface area contributed by atoms with Crippen LogP contribution in [0.2, 0.25) is 0 Å². The van der Waals surface area contributed by atoms with Gasteiger partial charge in [-0.1, -0.05) is 6.07 Å². The lowest BCUT2D eigenvalue weighted by molar-refractivity contribution is 0.0698. The second-order valence-corrected chi connectivity index (χ2v) is 3.81. The van der Waals surface area contributed by atoms with Crippen molar-refractivity contribution in [1.29, 1.82) is 0 Å². The van der Waals surface area contributed by atoms with Gasteiger partial charge in [-0.15, -0.1) is 0 Å². The van der Waals surface area contributed by atoms with E-state index in [1.807, 2.05) is 0 Å². The van der Waals surface area contributed by atoms with Gasteiger partial charge in [-0.25, -0.2) is 9.59 Å². The molecule has 0 saturated heterocycles. The van der Waals surface area contributed by atoms with Crippen LogP contribution in [0.1, 0.15) is 17.3 Å². The largest absolute Gasteiger partial charge is 0.478 e. The lowest BCUT2D eigenvalue weighted by atomic mass is 10.2. The third kappa shape index (κ3) is 2.96. The number of urea groups is 1. The summed E-state index contributed by atoms with van der Waals surface area (Å²) >= 11 is 3.19. The van der Waals surface area contributed by atoms with Gasteiger partial charge in [0.15, 0.2) is 0 Å². The number of carboxylic acids is 1. The SMILES string of the molecule is CCNC(=O)Nc1c(Br)cccc1C(=O)O. The molecule has 3 N–H and O–H groups in total. The van der Waals surface area contributed by atoms with Crippen LogP contribution in [0.5, 0.6) is 0 Å². The Morgan fingerprint density at radius 3 is 2.69 bits per heavy atom. The van der Waals surface area contributed by atoms with Crippen LogP contribution >= 0.6 is 15.9 Å². The molecule has 0 aliphatic rings. The van der Waals surface area contributed by atoms with Gasteiger partial charge < -0.3 is 15.7 Å². The molecule has 1 aromatic rings. The molecule has 0 aliphatic carbocycles. The Hall–Kier alpha value is -1.56. The quantitative estimate of drug-likeness (QED) is 0.798. The van der Waals surface area contributed by atoms with Crippen LogP contribution in [0.15, 0.2) is 22.7 Å². The first-order valence-electron chi connectivity index (χ1n) is 4.63. The summed E-state index contributed by atoms with van der Waals surface area (Å²) in [6, 6.07) is 4.25. The highest BCUT2D eigenvalue weighted by atomic mass is 79.9. The molecule has 1 aromatic carbocycles. The minimum absolute atomic E-state index is 0.0422. The van der Waals surface area contributed by atoms with E-state index in [-0.39, 0.29) is 11.3 Å². The van der Waals surface area contributed by atoms with Crippen LogP contribution in [0, 0.1) is 0 Å². The molecule has 0 atom stereocenters. The van der Waals surface area contributed by atoms with Crippen LogP contribution in [-0.4, -0.2) is 23.7 Å². The number of hydrogen-bond acceptors (Lipinski definition) is 2. The van der Waals surface area contributed by atoms with Crippen LogP contribution in [0.4, 0.5) is 10.5 Å². The molecule has 0 radical (unpaired) electrons. The van der Waals surface area contributed by atoms with E-state index in [2.05, 4.69) is 26.6 Å². The molecule has 0 spiro atoms. The highest BCUT2D eigenvalue weighted by Gasteiger charge is 2.14. The first-order valence-corrected chi connectivity index (χ1v) is 5.42. The molecule has 0 unspecified atom stereocenters. The van der Waals surface area contributed by atoms with Crippen molar-refractivity contribution in [3.8, 4) is 0 Å². The van der Waals surface area contributed by atoms with Gasteiger partial charge in [0.25, 0.3) is 0 Å². The van der Waals surface area contributed by atoms with Crippen molar-refractivity contribution in [1.82, 2.24) is 5.32 Å². The minimum Gasteiger partial charge on any atom is -0.478 e. The van der Waals surface area contributed by atoms with Gasteiger partial charge in [-0.05, 0) is 35.0 Å². The fraction of sp³-hybridized carbons (Fsp3) is 0.200. The Bertz CT molecular complexity index is 421. The Balaban J connectivity index is 3.01.